The smallest absolute Gasteiger partial charge is 0.0621 e. The molecule has 2 heteroatoms. The molecular weight excluding hydrogens is 117 g/mol. The Morgan fingerprint density at radius 3 is 2.88 bits per heavy atom. The molecule has 0 aromatic carbocycles. The predicted molar refractivity (Wildman–Crippen MR) is 38.6 cm³/mol. The van der Waals surface area contributed by atoms with E-state index in [9.17, 15) is 0 Å². The van der Waals surface area contributed by atoms with Gasteiger partial charge in [-0.2, -0.15) is 5.26 Å². The largest absolute Gasteiger partial charge is 0.198 e. The highest BCUT2D eigenvalue weighted by Crippen LogP contribution is 2.09. The zero-order chi connectivity index (χ0) is 6.24. The zero-order valence-corrected chi connectivity index (χ0v) is 6.28. The van der Waals surface area contributed by atoms with Crippen molar-refractivity contribution < 1.29 is 0 Å². The van der Waals surface area contributed by atoms with Gasteiger partial charge in [0.2, 0.25) is 0 Å². The predicted octanol–water partition coefficient (Wildman–Crippen LogP) is 1.99. The molecule has 46 valence electrons. The molecule has 0 N–H and O–H groups in total. The minimum Gasteiger partial charge on any atom is -0.198 e. The van der Waals surface area contributed by atoms with Crippen LogP contribution in [0.5, 0.6) is 0 Å². The number of hydrogen-bond acceptors (Lipinski definition) is 1. The van der Waals surface area contributed by atoms with Gasteiger partial charge in [-0.05, 0) is 18.7 Å². The third kappa shape index (κ3) is 5.92. The highest BCUT2D eigenvalue weighted by atomic mass is 31.1. The normalized spacial score (nSPS) is 10.0. The van der Waals surface area contributed by atoms with Crippen LogP contribution in [0, 0.1) is 11.3 Å². The van der Waals surface area contributed by atoms with E-state index in [0.29, 0.717) is 0 Å². The van der Waals surface area contributed by atoms with Crippen LogP contribution < -0.4 is 0 Å². The molecule has 0 saturated heterocycles. The summed E-state index contributed by atoms with van der Waals surface area (Å²) in [5.74, 6) is 0. The molecule has 0 fully saturated rings. The summed E-state index contributed by atoms with van der Waals surface area (Å²) < 4.78 is 0. The molecule has 0 aliphatic carbocycles. The van der Waals surface area contributed by atoms with Gasteiger partial charge in [-0.25, -0.2) is 0 Å². The van der Waals surface area contributed by atoms with Gasteiger partial charge in [0.05, 0.1) is 6.07 Å². The molecule has 0 aliphatic rings. The summed E-state index contributed by atoms with van der Waals surface area (Å²) in [6, 6.07) is 2.13. The summed E-state index contributed by atoms with van der Waals surface area (Å²) in [5.41, 5.74) is 0. The lowest BCUT2D eigenvalue weighted by molar-refractivity contribution is 0.978. The second-order valence-corrected chi connectivity index (χ2v) is 3.32. The fraction of sp³-hybridized carbons (Fsp3) is 0.833. The molecule has 0 amide bonds. The summed E-state index contributed by atoms with van der Waals surface area (Å²) >= 11 is 0. The number of rotatable bonds is 4. The van der Waals surface area contributed by atoms with Gasteiger partial charge in [0, 0.05) is 6.42 Å². The molecule has 0 radical (unpaired) electrons. The van der Waals surface area contributed by atoms with E-state index in [-0.39, 0.29) is 0 Å². The molecule has 0 saturated carbocycles. The summed E-state index contributed by atoms with van der Waals surface area (Å²) in [4.78, 5) is 0. The van der Waals surface area contributed by atoms with E-state index in [4.69, 9.17) is 5.26 Å². The SMILES string of the molecule is CCPCCCC#N. The Morgan fingerprint density at radius 1 is 1.62 bits per heavy atom. The number of unbranched alkanes of at least 4 members (excludes halogenated alkanes) is 1. The second kappa shape index (κ2) is 6.92. The average molecular weight is 129 g/mol. The fourth-order valence-electron chi connectivity index (χ4n) is 0.469. The third-order valence-corrected chi connectivity index (χ3v) is 2.10. The summed E-state index contributed by atoms with van der Waals surface area (Å²) in [6.07, 6.45) is 4.38. The van der Waals surface area contributed by atoms with Crippen molar-refractivity contribution in [1.82, 2.24) is 0 Å². The van der Waals surface area contributed by atoms with Crippen molar-refractivity contribution >= 4 is 8.58 Å². The monoisotopic (exact) mass is 129 g/mol. The van der Waals surface area contributed by atoms with Crippen molar-refractivity contribution in [3.63, 3.8) is 0 Å². The van der Waals surface area contributed by atoms with Gasteiger partial charge < -0.3 is 0 Å². The van der Waals surface area contributed by atoms with Crippen LogP contribution in [0.15, 0.2) is 0 Å². The van der Waals surface area contributed by atoms with E-state index in [1.165, 1.54) is 12.3 Å². The molecule has 0 aromatic rings. The zero-order valence-electron chi connectivity index (χ0n) is 5.28. The van der Waals surface area contributed by atoms with Crippen molar-refractivity contribution in [2.24, 2.45) is 0 Å². The highest BCUT2D eigenvalue weighted by molar-refractivity contribution is 7.37. The van der Waals surface area contributed by atoms with E-state index < -0.39 is 0 Å². The Kier molecular flexibility index (Phi) is 6.85. The Hall–Kier alpha value is -0.0800. The quantitative estimate of drug-likeness (QED) is 0.420. The maximum absolute atomic E-state index is 8.12. The van der Waals surface area contributed by atoms with Gasteiger partial charge in [0.25, 0.3) is 0 Å². The fourth-order valence-corrected chi connectivity index (χ4v) is 1.25. The lowest BCUT2D eigenvalue weighted by atomic mass is 10.4. The van der Waals surface area contributed by atoms with Crippen LogP contribution in [-0.2, 0) is 0 Å². The van der Waals surface area contributed by atoms with Crippen LogP contribution in [0.25, 0.3) is 0 Å². The Morgan fingerprint density at radius 2 is 2.38 bits per heavy atom. The van der Waals surface area contributed by atoms with Gasteiger partial charge in [0.15, 0.2) is 0 Å². The van der Waals surface area contributed by atoms with Crippen LogP contribution in [0.2, 0.25) is 0 Å². The first kappa shape index (κ1) is 7.92. The number of nitriles is 1. The first-order valence-electron chi connectivity index (χ1n) is 2.99. The number of hydrogen-bond donors (Lipinski definition) is 0. The summed E-state index contributed by atoms with van der Waals surface area (Å²) in [7, 11) is 1.07. The maximum Gasteiger partial charge on any atom is 0.0621 e. The van der Waals surface area contributed by atoms with Crippen molar-refractivity contribution in [3.05, 3.63) is 0 Å². The van der Waals surface area contributed by atoms with Crippen LogP contribution >= 0.6 is 8.58 Å². The highest BCUT2D eigenvalue weighted by Gasteiger charge is 1.82. The molecule has 0 spiro atoms. The molecule has 1 nitrogen and oxygen atoms in total. The molecule has 0 aromatic heterocycles. The van der Waals surface area contributed by atoms with Crippen molar-refractivity contribution in [1.29, 1.82) is 5.26 Å². The van der Waals surface area contributed by atoms with Gasteiger partial charge in [-0.15, -0.1) is 8.58 Å². The average Bonchev–Trinajstić information content (AvgIpc) is 1.81. The van der Waals surface area contributed by atoms with E-state index in [1.807, 2.05) is 0 Å². The van der Waals surface area contributed by atoms with E-state index in [0.717, 1.165) is 21.4 Å². The minimum atomic E-state index is 0.743. The molecule has 0 rings (SSSR count). The lowest BCUT2D eigenvalue weighted by Crippen LogP contribution is -1.74. The minimum absolute atomic E-state index is 0.743. The Balaban J connectivity index is 2.65. The van der Waals surface area contributed by atoms with Gasteiger partial charge in [0.1, 0.15) is 0 Å². The molecule has 1 atom stereocenters. The third-order valence-electron chi connectivity index (χ3n) is 0.892. The van der Waals surface area contributed by atoms with Crippen molar-refractivity contribution in [2.75, 3.05) is 12.3 Å². The molecule has 0 bridgehead atoms. The van der Waals surface area contributed by atoms with Crippen LogP contribution in [0.1, 0.15) is 19.8 Å². The molecule has 1 unspecified atom stereocenters. The topological polar surface area (TPSA) is 23.8 Å². The van der Waals surface area contributed by atoms with Crippen LogP contribution in [0.4, 0.5) is 0 Å². The van der Waals surface area contributed by atoms with Gasteiger partial charge in [-0.1, -0.05) is 6.92 Å². The molecular formula is C6H12NP. The number of nitrogens with zero attached hydrogens (tertiary/aromatic N) is 1. The van der Waals surface area contributed by atoms with Gasteiger partial charge in [-0.3, -0.25) is 0 Å². The molecule has 8 heavy (non-hydrogen) atoms. The lowest BCUT2D eigenvalue weighted by Gasteiger charge is -1.90. The van der Waals surface area contributed by atoms with Crippen molar-refractivity contribution in [3.8, 4) is 6.07 Å². The van der Waals surface area contributed by atoms with Gasteiger partial charge >= 0.3 is 0 Å². The molecule has 0 heterocycles. The Bertz CT molecular complexity index is 75.1. The summed E-state index contributed by atoms with van der Waals surface area (Å²) in [6.45, 7) is 2.19. The van der Waals surface area contributed by atoms with Crippen LogP contribution in [0.3, 0.4) is 0 Å². The Labute approximate surface area is 52.9 Å². The first-order valence-corrected chi connectivity index (χ1v) is 4.41. The van der Waals surface area contributed by atoms with E-state index in [2.05, 4.69) is 13.0 Å². The van der Waals surface area contributed by atoms with E-state index >= 15 is 0 Å². The standard InChI is InChI=1S/C6H12NP/c1-2-8-6-4-3-5-7/h8H,2-4,6H2,1H3. The van der Waals surface area contributed by atoms with Crippen molar-refractivity contribution in [2.45, 2.75) is 19.8 Å². The van der Waals surface area contributed by atoms with Crippen LogP contribution in [-0.4, -0.2) is 12.3 Å². The summed E-state index contributed by atoms with van der Waals surface area (Å²) in [5, 5.41) is 8.12. The maximum atomic E-state index is 8.12. The second-order valence-electron chi connectivity index (χ2n) is 1.62. The van der Waals surface area contributed by atoms with E-state index in [1.54, 1.807) is 0 Å². The molecule has 0 aliphatic heterocycles. The first-order chi connectivity index (χ1) is 3.91.